The highest BCUT2D eigenvalue weighted by Crippen LogP contribution is 2.24. The Morgan fingerprint density at radius 1 is 1.32 bits per heavy atom. The quantitative estimate of drug-likeness (QED) is 0.885. The van der Waals surface area contributed by atoms with E-state index in [0.29, 0.717) is 6.04 Å². The summed E-state index contributed by atoms with van der Waals surface area (Å²) in [5.41, 5.74) is 0.229. The second-order valence-electron chi connectivity index (χ2n) is 6.62. The van der Waals surface area contributed by atoms with Crippen LogP contribution in [-0.4, -0.2) is 29.6 Å². The molecule has 0 bridgehead atoms. The van der Waals surface area contributed by atoms with E-state index in [1.165, 1.54) is 35.6 Å². The first-order valence-corrected chi connectivity index (χ1v) is 8.36. The number of likely N-dealkylation sites (tertiary alicyclic amines) is 1. The average molecular weight is 280 g/mol. The van der Waals surface area contributed by atoms with Gasteiger partial charge in [0.1, 0.15) is 0 Å². The zero-order valence-electron chi connectivity index (χ0n) is 12.8. The molecule has 1 aromatic heterocycles. The van der Waals surface area contributed by atoms with Crippen LogP contribution >= 0.6 is 11.3 Å². The number of hydrogen-bond acceptors (Lipinski definition) is 3. The highest BCUT2D eigenvalue weighted by Gasteiger charge is 2.25. The standard InChI is InChI=1S/C16H28N2S/c1-5-14-8-9-15(19-14)12-18-10-6-7-13(18)11-17-16(2,3)4/h8-9,13,17H,5-7,10-12H2,1-4H3. The molecule has 2 rings (SSSR count). The van der Waals surface area contributed by atoms with E-state index in [9.17, 15) is 0 Å². The van der Waals surface area contributed by atoms with Gasteiger partial charge in [-0.15, -0.1) is 11.3 Å². The lowest BCUT2D eigenvalue weighted by atomic mass is 10.1. The van der Waals surface area contributed by atoms with Gasteiger partial charge in [0.05, 0.1) is 0 Å². The Morgan fingerprint density at radius 3 is 2.68 bits per heavy atom. The Kier molecular flexibility index (Phi) is 5.04. The van der Waals surface area contributed by atoms with Crippen LogP contribution in [0.2, 0.25) is 0 Å². The molecule has 108 valence electrons. The van der Waals surface area contributed by atoms with Crippen LogP contribution in [0, 0.1) is 0 Å². The zero-order chi connectivity index (χ0) is 13.9. The number of aryl methyl sites for hydroxylation is 1. The summed E-state index contributed by atoms with van der Waals surface area (Å²) in [6.45, 7) is 12.5. The van der Waals surface area contributed by atoms with Gasteiger partial charge in [-0.25, -0.2) is 0 Å². The summed E-state index contributed by atoms with van der Waals surface area (Å²) < 4.78 is 0. The molecule has 0 aliphatic carbocycles. The lowest BCUT2D eigenvalue weighted by Crippen LogP contribution is -2.44. The van der Waals surface area contributed by atoms with Crippen molar-refractivity contribution in [3.63, 3.8) is 0 Å². The minimum atomic E-state index is 0.229. The molecule has 2 nitrogen and oxygen atoms in total. The topological polar surface area (TPSA) is 15.3 Å². The molecule has 0 amide bonds. The second kappa shape index (κ2) is 6.38. The average Bonchev–Trinajstić information content (AvgIpc) is 2.95. The molecule has 0 saturated carbocycles. The monoisotopic (exact) mass is 280 g/mol. The van der Waals surface area contributed by atoms with Crippen LogP contribution in [0.5, 0.6) is 0 Å². The highest BCUT2D eigenvalue weighted by molar-refractivity contribution is 7.11. The van der Waals surface area contributed by atoms with E-state index in [4.69, 9.17) is 0 Å². The molecule has 1 fully saturated rings. The van der Waals surface area contributed by atoms with Gasteiger partial charge in [-0.3, -0.25) is 4.90 Å². The number of hydrogen-bond donors (Lipinski definition) is 1. The molecule has 3 heteroatoms. The van der Waals surface area contributed by atoms with Crippen LogP contribution in [0.15, 0.2) is 12.1 Å². The first-order valence-electron chi connectivity index (χ1n) is 7.54. The predicted octanol–water partition coefficient (Wildman–Crippen LogP) is 3.66. The van der Waals surface area contributed by atoms with Crippen LogP contribution in [0.3, 0.4) is 0 Å². The van der Waals surface area contributed by atoms with Crippen molar-refractivity contribution >= 4 is 11.3 Å². The minimum absolute atomic E-state index is 0.229. The van der Waals surface area contributed by atoms with Crippen molar-refractivity contribution in [3.05, 3.63) is 21.9 Å². The summed E-state index contributed by atoms with van der Waals surface area (Å²) in [5, 5.41) is 3.66. The molecule has 1 aromatic rings. The lowest BCUT2D eigenvalue weighted by Gasteiger charge is -2.28. The van der Waals surface area contributed by atoms with E-state index in [2.05, 4.69) is 50.0 Å². The molecule has 0 aromatic carbocycles. The maximum absolute atomic E-state index is 3.66. The molecule has 1 saturated heterocycles. The molecule has 1 aliphatic rings. The van der Waals surface area contributed by atoms with Crippen molar-refractivity contribution in [2.75, 3.05) is 13.1 Å². The molecular formula is C16H28N2S. The van der Waals surface area contributed by atoms with Gasteiger partial charge in [0.2, 0.25) is 0 Å². The van der Waals surface area contributed by atoms with Gasteiger partial charge in [0, 0.05) is 34.4 Å². The summed E-state index contributed by atoms with van der Waals surface area (Å²) in [6, 6.07) is 5.32. The Balaban J connectivity index is 1.88. The summed E-state index contributed by atoms with van der Waals surface area (Å²) in [4.78, 5) is 5.70. The van der Waals surface area contributed by atoms with Crippen LogP contribution in [0.25, 0.3) is 0 Å². The van der Waals surface area contributed by atoms with Crippen molar-refractivity contribution in [3.8, 4) is 0 Å². The van der Waals surface area contributed by atoms with Crippen molar-refractivity contribution in [2.24, 2.45) is 0 Å². The molecule has 1 N–H and O–H groups in total. The highest BCUT2D eigenvalue weighted by atomic mass is 32.1. The smallest absolute Gasteiger partial charge is 0.0331 e. The number of rotatable bonds is 5. The fraction of sp³-hybridized carbons (Fsp3) is 0.750. The van der Waals surface area contributed by atoms with Gasteiger partial charge in [0.15, 0.2) is 0 Å². The maximum atomic E-state index is 3.66. The first-order chi connectivity index (χ1) is 8.98. The van der Waals surface area contributed by atoms with Gasteiger partial charge < -0.3 is 5.32 Å². The first kappa shape index (κ1) is 15.0. The molecule has 0 spiro atoms. The van der Waals surface area contributed by atoms with Crippen molar-refractivity contribution < 1.29 is 0 Å². The second-order valence-corrected chi connectivity index (χ2v) is 7.87. The fourth-order valence-corrected chi connectivity index (χ4v) is 3.64. The molecule has 1 aliphatic heterocycles. The summed E-state index contributed by atoms with van der Waals surface area (Å²) in [7, 11) is 0. The summed E-state index contributed by atoms with van der Waals surface area (Å²) in [5.74, 6) is 0. The number of nitrogens with zero attached hydrogens (tertiary/aromatic N) is 1. The predicted molar refractivity (Wildman–Crippen MR) is 84.9 cm³/mol. The van der Waals surface area contributed by atoms with Crippen molar-refractivity contribution in [2.45, 2.75) is 65.1 Å². The van der Waals surface area contributed by atoms with Gasteiger partial charge >= 0.3 is 0 Å². The van der Waals surface area contributed by atoms with E-state index < -0.39 is 0 Å². The van der Waals surface area contributed by atoms with E-state index in [0.717, 1.165) is 13.1 Å². The Labute approximate surface area is 122 Å². The van der Waals surface area contributed by atoms with Gasteiger partial charge in [-0.1, -0.05) is 6.92 Å². The lowest BCUT2D eigenvalue weighted by molar-refractivity contribution is 0.227. The third-order valence-corrected chi connectivity index (χ3v) is 5.01. The third-order valence-electron chi connectivity index (χ3n) is 3.79. The van der Waals surface area contributed by atoms with Gasteiger partial charge in [0.25, 0.3) is 0 Å². The number of thiophene rings is 1. The fourth-order valence-electron chi connectivity index (χ4n) is 2.66. The normalized spacial score (nSPS) is 21.2. The molecule has 19 heavy (non-hydrogen) atoms. The van der Waals surface area contributed by atoms with E-state index in [1.54, 1.807) is 0 Å². The van der Waals surface area contributed by atoms with E-state index in [-0.39, 0.29) is 5.54 Å². The SMILES string of the molecule is CCc1ccc(CN2CCCC2CNC(C)(C)C)s1. The number of nitrogens with one attached hydrogen (secondary N) is 1. The summed E-state index contributed by atoms with van der Waals surface area (Å²) >= 11 is 1.98. The van der Waals surface area contributed by atoms with Crippen LogP contribution < -0.4 is 5.32 Å². The molecule has 2 heterocycles. The van der Waals surface area contributed by atoms with Gasteiger partial charge in [-0.2, -0.15) is 0 Å². The third kappa shape index (κ3) is 4.59. The van der Waals surface area contributed by atoms with Gasteiger partial charge in [-0.05, 0) is 58.7 Å². The van der Waals surface area contributed by atoms with Crippen molar-refractivity contribution in [1.29, 1.82) is 0 Å². The van der Waals surface area contributed by atoms with E-state index in [1.807, 2.05) is 11.3 Å². The van der Waals surface area contributed by atoms with Crippen LogP contribution in [-0.2, 0) is 13.0 Å². The van der Waals surface area contributed by atoms with Crippen LogP contribution in [0.4, 0.5) is 0 Å². The molecule has 1 unspecified atom stereocenters. The zero-order valence-corrected chi connectivity index (χ0v) is 13.6. The minimum Gasteiger partial charge on any atom is -0.311 e. The largest absolute Gasteiger partial charge is 0.311 e. The Hall–Kier alpha value is -0.380. The van der Waals surface area contributed by atoms with Crippen LogP contribution in [0.1, 0.15) is 50.3 Å². The molecule has 1 atom stereocenters. The maximum Gasteiger partial charge on any atom is 0.0331 e. The molecule has 0 radical (unpaired) electrons. The summed E-state index contributed by atoms with van der Waals surface area (Å²) in [6.07, 6.45) is 3.86. The van der Waals surface area contributed by atoms with E-state index >= 15 is 0 Å². The molecular weight excluding hydrogens is 252 g/mol. The Morgan fingerprint density at radius 2 is 2.05 bits per heavy atom. The van der Waals surface area contributed by atoms with Crippen molar-refractivity contribution in [1.82, 2.24) is 10.2 Å². The Bertz CT molecular complexity index is 392.